The van der Waals surface area contributed by atoms with Crippen molar-refractivity contribution in [3.05, 3.63) is 0 Å². The van der Waals surface area contributed by atoms with Gasteiger partial charge < -0.3 is 10.6 Å². The summed E-state index contributed by atoms with van der Waals surface area (Å²) in [6, 6.07) is 0.206. The highest BCUT2D eigenvalue weighted by Crippen LogP contribution is 2.18. The number of hydrogen-bond donors (Lipinski definition) is 1. The zero-order valence-corrected chi connectivity index (χ0v) is 10.0. The number of likely N-dealkylation sites (tertiary alicyclic amines) is 1. The summed E-state index contributed by atoms with van der Waals surface area (Å²) in [7, 11) is 0. The molecule has 3 heteroatoms. The number of nitrogens with zero attached hydrogens (tertiary/aromatic N) is 1. The Morgan fingerprint density at radius 3 is 2.73 bits per heavy atom. The van der Waals surface area contributed by atoms with E-state index in [4.69, 9.17) is 5.73 Å². The molecule has 1 heterocycles. The molecule has 15 heavy (non-hydrogen) atoms. The van der Waals surface area contributed by atoms with Crippen LogP contribution in [0.1, 0.15) is 46.0 Å². The summed E-state index contributed by atoms with van der Waals surface area (Å²) in [5, 5.41) is 0. The van der Waals surface area contributed by atoms with E-state index in [9.17, 15) is 4.79 Å². The van der Waals surface area contributed by atoms with Crippen LogP contribution in [0.3, 0.4) is 0 Å². The first-order valence-corrected chi connectivity index (χ1v) is 6.23. The van der Waals surface area contributed by atoms with Crippen LogP contribution in [-0.2, 0) is 4.79 Å². The molecule has 1 rings (SSSR count). The predicted molar refractivity (Wildman–Crippen MR) is 62.5 cm³/mol. The molecule has 1 saturated heterocycles. The second-order valence-corrected chi connectivity index (χ2v) is 4.58. The third-order valence-electron chi connectivity index (χ3n) is 3.28. The van der Waals surface area contributed by atoms with Crippen molar-refractivity contribution in [1.82, 2.24) is 4.90 Å². The number of carbonyl (C=O) groups excluding carboxylic acids is 1. The molecule has 0 aliphatic carbocycles. The maximum Gasteiger partial charge on any atom is 0.225 e. The topological polar surface area (TPSA) is 46.3 Å². The number of amides is 1. The van der Waals surface area contributed by atoms with Crippen molar-refractivity contribution in [2.24, 2.45) is 11.7 Å². The molecule has 3 nitrogen and oxygen atoms in total. The average Bonchev–Trinajstić information content (AvgIpc) is 2.65. The van der Waals surface area contributed by atoms with Crippen molar-refractivity contribution >= 4 is 5.91 Å². The van der Waals surface area contributed by atoms with Gasteiger partial charge in [-0.05, 0) is 19.3 Å². The van der Waals surface area contributed by atoms with E-state index in [-0.39, 0.29) is 12.0 Å². The Balaban J connectivity index is 2.42. The monoisotopic (exact) mass is 212 g/mol. The fourth-order valence-corrected chi connectivity index (χ4v) is 2.20. The standard InChI is InChI=1S/C12H24N2O/c1-3-5-6-10(4-2)12(15)14-8-7-11(13)9-14/h10-11H,3-9,13H2,1-2H3/t10-,11+/m0/s1. The SMILES string of the molecule is CCCC[C@H](CC)C(=O)N1CC[C@@H](N)C1. The molecule has 0 radical (unpaired) electrons. The summed E-state index contributed by atoms with van der Waals surface area (Å²) in [6.07, 6.45) is 5.30. The van der Waals surface area contributed by atoms with Gasteiger partial charge in [0, 0.05) is 25.0 Å². The van der Waals surface area contributed by atoms with E-state index in [1.165, 1.54) is 6.42 Å². The summed E-state index contributed by atoms with van der Waals surface area (Å²) in [4.78, 5) is 14.1. The van der Waals surface area contributed by atoms with Crippen molar-refractivity contribution in [1.29, 1.82) is 0 Å². The highest BCUT2D eigenvalue weighted by atomic mass is 16.2. The van der Waals surface area contributed by atoms with E-state index < -0.39 is 0 Å². The zero-order chi connectivity index (χ0) is 11.3. The van der Waals surface area contributed by atoms with Crippen LogP contribution in [0.2, 0.25) is 0 Å². The largest absolute Gasteiger partial charge is 0.341 e. The third kappa shape index (κ3) is 3.49. The van der Waals surface area contributed by atoms with Crippen LogP contribution in [-0.4, -0.2) is 29.9 Å². The van der Waals surface area contributed by atoms with E-state index in [1.54, 1.807) is 0 Å². The van der Waals surface area contributed by atoms with Crippen LogP contribution in [0, 0.1) is 5.92 Å². The number of nitrogens with two attached hydrogens (primary N) is 1. The maximum atomic E-state index is 12.1. The summed E-state index contributed by atoms with van der Waals surface area (Å²) < 4.78 is 0. The number of rotatable bonds is 5. The number of carbonyl (C=O) groups is 1. The highest BCUT2D eigenvalue weighted by molar-refractivity contribution is 5.79. The molecule has 0 aromatic rings. The highest BCUT2D eigenvalue weighted by Gasteiger charge is 2.27. The molecule has 1 aliphatic rings. The van der Waals surface area contributed by atoms with Crippen molar-refractivity contribution in [2.45, 2.75) is 52.0 Å². The summed E-state index contributed by atoms with van der Waals surface area (Å²) in [5.41, 5.74) is 5.81. The van der Waals surface area contributed by atoms with Gasteiger partial charge in [-0.2, -0.15) is 0 Å². The maximum absolute atomic E-state index is 12.1. The normalized spacial score (nSPS) is 23.1. The Kier molecular flexibility index (Phi) is 5.09. The van der Waals surface area contributed by atoms with Crippen LogP contribution < -0.4 is 5.73 Å². The molecule has 1 aliphatic heterocycles. The molecule has 0 aromatic carbocycles. The van der Waals surface area contributed by atoms with Gasteiger partial charge in [0.15, 0.2) is 0 Å². The molecule has 2 N–H and O–H groups in total. The smallest absolute Gasteiger partial charge is 0.225 e. The van der Waals surface area contributed by atoms with Gasteiger partial charge in [-0.3, -0.25) is 4.79 Å². The molecular formula is C12H24N2O. The minimum absolute atomic E-state index is 0.206. The second kappa shape index (κ2) is 6.11. The van der Waals surface area contributed by atoms with E-state index >= 15 is 0 Å². The lowest BCUT2D eigenvalue weighted by molar-refractivity contribution is -0.134. The van der Waals surface area contributed by atoms with E-state index in [0.29, 0.717) is 5.91 Å². The zero-order valence-electron chi connectivity index (χ0n) is 10.0. The van der Waals surface area contributed by atoms with E-state index in [1.807, 2.05) is 4.90 Å². The summed E-state index contributed by atoms with van der Waals surface area (Å²) in [6.45, 7) is 5.90. The van der Waals surface area contributed by atoms with E-state index in [0.717, 1.165) is 38.8 Å². The summed E-state index contributed by atoms with van der Waals surface area (Å²) in [5.74, 6) is 0.564. The quantitative estimate of drug-likeness (QED) is 0.755. The van der Waals surface area contributed by atoms with Crippen LogP contribution in [0.15, 0.2) is 0 Å². The predicted octanol–water partition coefficient (Wildman–Crippen LogP) is 1.76. The molecule has 1 fully saturated rings. The van der Waals surface area contributed by atoms with Gasteiger partial charge in [0.05, 0.1) is 0 Å². The van der Waals surface area contributed by atoms with Crippen LogP contribution in [0.25, 0.3) is 0 Å². The molecule has 0 bridgehead atoms. The van der Waals surface area contributed by atoms with Crippen molar-refractivity contribution in [3.8, 4) is 0 Å². The first kappa shape index (κ1) is 12.5. The number of unbranched alkanes of at least 4 members (excludes halogenated alkanes) is 1. The lowest BCUT2D eigenvalue weighted by Gasteiger charge is -2.22. The Bertz CT molecular complexity index is 206. The Morgan fingerprint density at radius 1 is 1.53 bits per heavy atom. The van der Waals surface area contributed by atoms with Gasteiger partial charge >= 0.3 is 0 Å². The molecule has 88 valence electrons. The third-order valence-corrected chi connectivity index (χ3v) is 3.28. The van der Waals surface area contributed by atoms with Gasteiger partial charge in [0.2, 0.25) is 5.91 Å². The first-order valence-electron chi connectivity index (χ1n) is 6.23. The first-order chi connectivity index (χ1) is 7.19. The fraction of sp³-hybridized carbons (Fsp3) is 0.917. The van der Waals surface area contributed by atoms with Gasteiger partial charge in [-0.15, -0.1) is 0 Å². The molecule has 0 spiro atoms. The molecule has 0 saturated carbocycles. The molecule has 1 amide bonds. The molecule has 0 unspecified atom stereocenters. The Hall–Kier alpha value is -0.570. The average molecular weight is 212 g/mol. The van der Waals surface area contributed by atoms with Crippen LogP contribution in [0.4, 0.5) is 0 Å². The van der Waals surface area contributed by atoms with Crippen molar-refractivity contribution < 1.29 is 4.79 Å². The lowest BCUT2D eigenvalue weighted by Crippen LogP contribution is -2.36. The minimum Gasteiger partial charge on any atom is -0.341 e. The molecular weight excluding hydrogens is 188 g/mol. The van der Waals surface area contributed by atoms with Gasteiger partial charge in [0.1, 0.15) is 0 Å². The summed E-state index contributed by atoms with van der Waals surface area (Å²) >= 11 is 0. The Labute approximate surface area is 93.0 Å². The molecule has 0 aromatic heterocycles. The number of hydrogen-bond acceptors (Lipinski definition) is 2. The van der Waals surface area contributed by atoms with Crippen molar-refractivity contribution in [2.75, 3.05) is 13.1 Å². The van der Waals surface area contributed by atoms with Gasteiger partial charge in [0.25, 0.3) is 0 Å². The fourth-order valence-electron chi connectivity index (χ4n) is 2.20. The van der Waals surface area contributed by atoms with Crippen LogP contribution >= 0.6 is 0 Å². The molecule has 2 atom stereocenters. The van der Waals surface area contributed by atoms with Crippen LogP contribution in [0.5, 0.6) is 0 Å². The Morgan fingerprint density at radius 2 is 2.27 bits per heavy atom. The van der Waals surface area contributed by atoms with Gasteiger partial charge in [-0.25, -0.2) is 0 Å². The van der Waals surface area contributed by atoms with E-state index in [2.05, 4.69) is 13.8 Å². The van der Waals surface area contributed by atoms with Crippen molar-refractivity contribution in [3.63, 3.8) is 0 Å². The lowest BCUT2D eigenvalue weighted by atomic mass is 9.98. The van der Waals surface area contributed by atoms with Gasteiger partial charge in [-0.1, -0.05) is 26.7 Å². The second-order valence-electron chi connectivity index (χ2n) is 4.58. The minimum atomic E-state index is 0.206.